The Morgan fingerprint density at radius 1 is 1.29 bits per heavy atom. The number of thiophene rings is 1. The van der Waals surface area contributed by atoms with Crippen LogP contribution in [0.2, 0.25) is 0 Å². The van der Waals surface area contributed by atoms with Crippen molar-refractivity contribution in [2.45, 2.75) is 39.7 Å². The van der Waals surface area contributed by atoms with Gasteiger partial charge in [0.25, 0.3) is 0 Å². The zero-order valence-electron chi connectivity index (χ0n) is 12.8. The quantitative estimate of drug-likeness (QED) is 0.732. The third-order valence-corrected chi connectivity index (χ3v) is 4.02. The number of hydrogen-bond donors (Lipinski definition) is 3. The van der Waals surface area contributed by atoms with Gasteiger partial charge in [-0.05, 0) is 32.4 Å². The molecule has 0 bridgehead atoms. The van der Waals surface area contributed by atoms with Gasteiger partial charge in [-0.15, -0.1) is 11.3 Å². The predicted octanol–water partition coefficient (Wildman–Crippen LogP) is 3.29. The molecule has 0 aromatic carbocycles. The van der Waals surface area contributed by atoms with Gasteiger partial charge in [0.05, 0.1) is 0 Å². The number of nitrogens with two attached hydrogens (primary N) is 1. The van der Waals surface area contributed by atoms with Crippen LogP contribution in [-0.4, -0.2) is 22.6 Å². The number of nitrogens with zero attached hydrogens (tertiary/aromatic N) is 2. The lowest BCUT2D eigenvalue weighted by molar-refractivity contribution is 0.794. The topological polar surface area (TPSA) is 75.9 Å². The average molecular weight is 305 g/mol. The molecule has 6 heteroatoms. The fourth-order valence-corrected chi connectivity index (χ4v) is 3.10. The first-order valence-corrected chi connectivity index (χ1v) is 8.08. The van der Waals surface area contributed by atoms with E-state index in [0.717, 1.165) is 31.0 Å². The maximum atomic E-state index is 5.76. The van der Waals surface area contributed by atoms with Crippen molar-refractivity contribution >= 4 is 28.9 Å². The molecule has 1 unspecified atom stereocenters. The fraction of sp³-hybridized carbons (Fsp3) is 0.467. The van der Waals surface area contributed by atoms with E-state index < -0.39 is 0 Å². The van der Waals surface area contributed by atoms with E-state index in [4.69, 9.17) is 5.73 Å². The van der Waals surface area contributed by atoms with Crippen LogP contribution >= 0.6 is 11.3 Å². The van der Waals surface area contributed by atoms with Gasteiger partial charge >= 0.3 is 0 Å². The first-order valence-electron chi connectivity index (χ1n) is 7.27. The van der Waals surface area contributed by atoms with Crippen molar-refractivity contribution in [3.63, 3.8) is 0 Å². The number of anilines is 3. The molecule has 0 spiro atoms. The van der Waals surface area contributed by atoms with Crippen molar-refractivity contribution in [1.82, 2.24) is 9.97 Å². The van der Waals surface area contributed by atoms with Crippen molar-refractivity contribution in [2.24, 2.45) is 0 Å². The summed E-state index contributed by atoms with van der Waals surface area (Å²) in [5.74, 6) is 1.82. The van der Waals surface area contributed by atoms with Gasteiger partial charge in [-0.1, -0.05) is 6.92 Å². The Balaban J connectivity index is 1.99. The van der Waals surface area contributed by atoms with E-state index >= 15 is 0 Å². The summed E-state index contributed by atoms with van der Waals surface area (Å²) < 4.78 is 0. The molecule has 4 N–H and O–H groups in total. The van der Waals surface area contributed by atoms with Gasteiger partial charge in [-0.2, -0.15) is 9.97 Å². The first-order chi connectivity index (χ1) is 10.1. The van der Waals surface area contributed by atoms with Crippen molar-refractivity contribution in [2.75, 3.05) is 22.9 Å². The maximum absolute atomic E-state index is 5.76. The highest BCUT2D eigenvalue weighted by atomic mass is 32.1. The van der Waals surface area contributed by atoms with Crippen molar-refractivity contribution in [3.05, 3.63) is 28.0 Å². The minimum atomic E-state index is 0.288. The van der Waals surface area contributed by atoms with E-state index in [-0.39, 0.29) is 12.0 Å². The Labute approximate surface area is 130 Å². The molecule has 2 aromatic rings. The summed E-state index contributed by atoms with van der Waals surface area (Å²) in [5, 5.41) is 6.63. The normalized spacial score (nSPS) is 12.1. The Morgan fingerprint density at radius 2 is 2.05 bits per heavy atom. The number of aryl methyl sites for hydroxylation is 1. The number of hydrogen-bond acceptors (Lipinski definition) is 6. The van der Waals surface area contributed by atoms with Crippen LogP contribution in [0.3, 0.4) is 0 Å². The molecule has 21 heavy (non-hydrogen) atoms. The maximum Gasteiger partial charge on any atom is 0.223 e. The standard InChI is InChI=1S/C15H23N5S/c1-4-7-17-13-9-14(20-15(16)19-13)18-10(2)8-12-6-5-11(3)21-12/h5-6,9-10H,4,7-8H2,1-3H3,(H4,16,17,18,19,20). The first kappa shape index (κ1) is 15.6. The van der Waals surface area contributed by atoms with Gasteiger partial charge in [0.2, 0.25) is 5.95 Å². The van der Waals surface area contributed by atoms with Crippen molar-refractivity contribution in [1.29, 1.82) is 0 Å². The monoisotopic (exact) mass is 305 g/mol. The smallest absolute Gasteiger partial charge is 0.223 e. The highest BCUT2D eigenvalue weighted by Gasteiger charge is 2.08. The molecule has 2 rings (SSSR count). The van der Waals surface area contributed by atoms with E-state index in [0.29, 0.717) is 0 Å². The lowest BCUT2D eigenvalue weighted by atomic mass is 10.2. The molecule has 0 aliphatic heterocycles. The Hall–Kier alpha value is -1.82. The number of aromatic nitrogens is 2. The second kappa shape index (κ2) is 7.26. The summed E-state index contributed by atoms with van der Waals surface area (Å²) in [6.07, 6.45) is 2.01. The Kier molecular flexibility index (Phi) is 5.38. The van der Waals surface area contributed by atoms with Crippen LogP contribution in [0.5, 0.6) is 0 Å². The molecule has 0 saturated carbocycles. The molecule has 0 aliphatic carbocycles. The zero-order valence-corrected chi connectivity index (χ0v) is 13.6. The van der Waals surface area contributed by atoms with Gasteiger partial charge < -0.3 is 16.4 Å². The Morgan fingerprint density at radius 3 is 2.71 bits per heavy atom. The molecular formula is C15H23N5S. The third-order valence-electron chi connectivity index (χ3n) is 3.00. The average Bonchev–Trinajstić information content (AvgIpc) is 2.80. The van der Waals surface area contributed by atoms with Crippen LogP contribution in [0.25, 0.3) is 0 Å². The van der Waals surface area contributed by atoms with Crippen LogP contribution in [0, 0.1) is 6.92 Å². The lowest BCUT2D eigenvalue weighted by Crippen LogP contribution is -2.19. The molecule has 0 fully saturated rings. The largest absolute Gasteiger partial charge is 0.370 e. The number of rotatable bonds is 7. The van der Waals surface area contributed by atoms with Gasteiger partial charge in [0.15, 0.2) is 0 Å². The van der Waals surface area contributed by atoms with E-state index in [1.165, 1.54) is 9.75 Å². The zero-order chi connectivity index (χ0) is 15.2. The SMILES string of the molecule is CCCNc1cc(NC(C)Cc2ccc(C)s2)nc(N)n1. The summed E-state index contributed by atoms with van der Waals surface area (Å²) in [6.45, 7) is 7.26. The molecule has 114 valence electrons. The van der Waals surface area contributed by atoms with Gasteiger partial charge in [-0.25, -0.2) is 0 Å². The van der Waals surface area contributed by atoms with Gasteiger partial charge in [0.1, 0.15) is 11.6 Å². The fourth-order valence-electron chi connectivity index (χ4n) is 2.08. The van der Waals surface area contributed by atoms with Crippen molar-refractivity contribution in [3.8, 4) is 0 Å². The van der Waals surface area contributed by atoms with E-state index in [1.807, 2.05) is 17.4 Å². The van der Waals surface area contributed by atoms with Crippen LogP contribution < -0.4 is 16.4 Å². The molecule has 0 radical (unpaired) electrons. The summed E-state index contributed by atoms with van der Waals surface area (Å²) in [7, 11) is 0. The highest BCUT2D eigenvalue weighted by molar-refractivity contribution is 7.11. The van der Waals surface area contributed by atoms with E-state index in [1.54, 1.807) is 0 Å². The van der Waals surface area contributed by atoms with E-state index in [2.05, 4.69) is 53.5 Å². The molecular weight excluding hydrogens is 282 g/mol. The molecule has 2 heterocycles. The summed E-state index contributed by atoms with van der Waals surface area (Å²) >= 11 is 1.83. The van der Waals surface area contributed by atoms with Crippen LogP contribution in [0.4, 0.5) is 17.6 Å². The van der Waals surface area contributed by atoms with Crippen molar-refractivity contribution < 1.29 is 0 Å². The van der Waals surface area contributed by atoms with Gasteiger partial charge in [0, 0.05) is 34.8 Å². The summed E-state index contributed by atoms with van der Waals surface area (Å²) in [4.78, 5) is 11.1. The van der Waals surface area contributed by atoms with E-state index in [9.17, 15) is 0 Å². The summed E-state index contributed by atoms with van der Waals surface area (Å²) in [5.41, 5.74) is 5.76. The predicted molar refractivity (Wildman–Crippen MR) is 91.1 cm³/mol. The molecule has 2 aromatic heterocycles. The third kappa shape index (κ3) is 4.90. The second-order valence-corrected chi connectivity index (χ2v) is 6.56. The number of nitrogens with one attached hydrogen (secondary N) is 2. The molecule has 5 nitrogen and oxygen atoms in total. The minimum Gasteiger partial charge on any atom is -0.370 e. The molecule has 0 amide bonds. The van der Waals surface area contributed by atoms with Crippen LogP contribution in [-0.2, 0) is 6.42 Å². The second-order valence-electron chi connectivity index (χ2n) is 5.19. The molecule has 1 atom stereocenters. The van der Waals surface area contributed by atoms with Crippen LogP contribution in [0.15, 0.2) is 18.2 Å². The molecule has 0 saturated heterocycles. The molecule has 0 aliphatic rings. The Bertz CT molecular complexity index is 581. The van der Waals surface area contributed by atoms with Gasteiger partial charge in [-0.3, -0.25) is 0 Å². The van der Waals surface area contributed by atoms with Crippen LogP contribution in [0.1, 0.15) is 30.0 Å². The summed E-state index contributed by atoms with van der Waals surface area (Å²) in [6, 6.07) is 6.53. The minimum absolute atomic E-state index is 0.288. The lowest BCUT2D eigenvalue weighted by Gasteiger charge is -2.15. The highest BCUT2D eigenvalue weighted by Crippen LogP contribution is 2.19. The number of nitrogen functional groups attached to an aromatic ring is 1.